The SMILES string of the molecule is c1ccc(COc2nn3c(-c4ccoc4)nnc3c3ccccc23)nc1. The Bertz CT molecular complexity index is 1180. The molecule has 0 saturated heterocycles. The Morgan fingerprint density at radius 1 is 0.962 bits per heavy atom. The number of nitrogens with zero attached hydrogens (tertiary/aromatic N) is 5. The molecule has 4 heterocycles. The molecule has 26 heavy (non-hydrogen) atoms. The van der Waals surface area contributed by atoms with E-state index in [9.17, 15) is 0 Å². The lowest BCUT2D eigenvalue weighted by Crippen LogP contribution is -2.04. The Morgan fingerprint density at radius 3 is 2.65 bits per heavy atom. The fourth-order valence-corrected chi connectivity index (χ4v) is 2.86. The van der Waals surface area contributed by atoms with E-state index in [1.54, 1.807) is 23.2 Å². The Morgan fingerprint density at radius 2 is 1.85 bits per heavy atom. The van der Waals surface area contributed by atoms with Crippen molar-refractivity contribution in [3.63, 3.8) is 0 Å². The predicted octanol–water partition coefficient (Wildman–Crippen LogP) is 3.51. The first-order valence-electron chi connectivity index (χ1n) is 8.09. The van der Waals surface area contributed by atoms with Gasteiger partial charge in [-0.2, -0.15) is 4.52 Å². The average Bonchev–Trinajstić information content (AvgIpc) is 3.36. The highest BCUT2D eigenvalue weighted by molar-refractivity contribution is 5.97. The van der Waals surface area contributed by atoms with Gasteiger partial charge in [0.15, 0.2) is 11.5 Å². The molecule has 0 radical (unpaired) electrons. The van der Waals surface area contributed by atoms with Gasteiger partial charge < -0.3 is 9.15 Å². The first-order chi connectivity index (χ1) is 12.9. The Labute approximate surface area is 147 Å². The summed E-state index contributed by atoms with van der Waals surface area (Å²) < 4.78 is 12.8. The summed E-state index contributed by atoms with van der Waals surface area (Å²) in [7, 11) is 0. The van der Waals surface area contributed by atoms with Crippen molar-refractivity contribution in [2.75, 3.05) is 0 Å². The number of hydrogen-bond donors (Lipinski definition) is 0. The fraction of sp³-hybridized carbons (Fsp3) is 0.0526. The van der Waals surface area contributed by atoms with Crippen LogP contribution >= 0.6 is 0 Å². The predicted molar refractivity (Wildman–Crippen MR) is 94.6 cm³/mol. The molecule has 0 saturated carbocycles. The molecule has 0 N–H and O–H groups in total. The molecule has 0 bridgehead atoms. The third kappa shape index (κ3) is 2.37. The van der Waals surface area contributed by atoms with E-state index in [4.69, 9.17) is 9.15 Å². The second-order valence-electron chi connectivity index (χ2n) is 5.73. The second kappa shape index (κ2) is 5.96. The molecule has 5 aromatic rings. The first-order valence-corrected chi connectivity index (χ1v) is 8.09. The van der Waals surface area contributed by atoms with Crippen LogP contribution < -0.4 is 4.74 Å². The molecule has 4 aromatic heterocycles. The van der Waals surface area contributed by atoms with Crippen LogP contribution in [0.3, 0.4) is 0 Å². The van der Waals surface area contributed by atoms with Crippen molar-refractivity contribution < 1.29 is 9.15 Å². The first kappa shape index (κ1) is 14.6. The summed E-state index contributed by atoms with van der Waals surface area (Å²) in [5.41, 5.74) is 2.30. The van der Waals surface area contributed by atoms with Gasteiger partial charge in [-0.1, -0.05) is 24.3 Å². The van der Waals surface area contributed by atoms with Gasteiger partial charge in [-0.05, 0) is 24.3 Å². The lowest BCUT2D eigenvalue weighted by Gasteiger charge is -2.09. The lowest BCUT2D eigenvalue weighted by molar-refractivity contribution is 0.289. The Hall–Kier alpha value is -3.74. The summed E-state index contributed by atoms with van der Waals surface area (Å²) >= 11 is 0. The molecule has 5 rings (SSSR count). The summed E-state index contributed by atoms with van der Waals surface area (Å²) in [6.07, 6.45) is 4.95. The van der Waals surface area contributed by atoms with Crippen molar-refractivity contribution in [2.45, 2.75) is 6.61 Å². The Kier molecular flexibility index (Phi) is 3.35. The number of benzene rings is 1. The van der Waals surface area contributed by atoms with E-state index in [2.05, 4.69) is 20.3 Å². The van der Waals surface area contributed by atoms with Crippen LogP contribution in [-0.4, -0.2) is 24.8 Å². The van der Waals surface area contributed by atoms with Gasteiger partial charge in [-0.3, -0.25) is 4.98 Å². The van der Waals surface area contributed by atoms with Crippen LogP contribution in [0, 0.1) is 0 Å². The molecule has 0 spiro atoms. The number of pyridine rings is 1. The van der Waals surface area contributed by atoms with Crippen LogP contribution in [0.5, 0.6) is 5.88 Å². The number of furan rings is 1. The van der Waals surface area contributed by atoms with Crippen LogP contribution in [0.4, 0.5) is 0 Å². The third-order valence-electron chi connectivity index (χ3n) is 4.09. The highest BCUT2D eigenvalue weighted by atomic mass is 16.5. The van der Waals surface area contributed by atoms with Crippen LogP contribution in [-0.2, 0) is 6.61 Å². The molecule has 7 nitrogen and oxygen atoms in total. The van der Waals surface area contributed by atoms with Gasteiger partial charge in [0.25, 0.3) is 0 Å². The summed E-state index contributed by atoms with van der Waals surface area (Å²) in [5.74, 6) is 1.10. The van der Waals surface area contributed by atoms with Gasteiger partial charge in [0.2, 0.25) is 5.88 Å². The second-order valence-corrected chi connectivity index (χ2v) is 5.73. The number of hydrogen-bond acceptors (Lipinski definition) is 6. The van der Waals surface area contributed by atoms with Gasteiger partial charge in [0.05, 0.1) is 17.5 Å². The summed E-state index contributed by atoms with van der Waals surface area (Å²) in [6, 6.07) is 15.4. The van der Waals surface area contributed by atoms with Crippen molar-refractivity contribution in [3.8, 4) is 17.3 Å². The number of aromatic nitrogens is 5. The number of fused-ring (bicyclic) bond motifs is 3. The van der Waals surface area contributed by atoms with Crippen molar-refractivity contribution in [1.29, 1.82) is 0 Å². The maximum atomic E-state index is 5.98. The molecule has 0 aliphatic carbocycles. The lowest BCUT2D eigenvalue weighted by atomic mass is 10.2. The average molecular weight is 343 g/mol. The molecule has 1 aromatic carbocycles. The van der Waals surface area contributed by atoms with Crippen molar-refractivity contribution in [3.05, 3.63) is 72.9 Å². The molecule has 0 amide bonds. The summed E-state index contributed by atoms with van der Waals surface area (Å²) in [5, 5.41) is 15.0. The van der Waals surface area contributed by atoms with E-state index in [0.29, 0.717) is 24.0 Å². The van der Waals surface area contributed by atoms with Gasteiger partial charge >= 0.3 is 0 Å². The molecule has 0 unspecified atom stereocenters. The normalized spacial score (nSPS) is 11.2. The minimum Gasteiger partial charge on any atom is -0.472 e. The maximum absolute atomic E-state index is 5.98. The van der Waals surface area contributed by atoms with E-state index in [1.807, 2.05) is 48.5 Å². The molecule has 0 aliphatic heterocycles. The van der Waals surface area contributed by atoms with Gasteiger partial charge in [0.1, 0.15) is 12.9 Å². The number of ether oxygens (including phenoxy) is 1. The zero-order valence-corrected chi connectivity index (χ0v) is 13.6. The zero-order chi connectivity index (χ0) is 17.3. The monoisotopic (exact) mass is 343 g/mol. The van der Waals surface area contributed by atoms with Gasteiger partial charge in [-0.25, -0.2) is 0 Å². The van der Waals surface area contributed by atoms with E-state index in [0.717, 1.165) is 22.0 Å². The maximum Gasteiger partial charge on any atom is 0.240 e. The highest BCUT2D eigenvalue weighted by Crippen LogP contribution is 2.29. The highest BCUT2D eigenvalue weighted by Gasteiger charge is 2.16. The standard InChI is InChI=1S/C19H13N5O2/c1-2-7-16-15(6-1)18-22-21-17(13-8-10-25-11-13)24(18)23-19(16)26-12-14-5-3-4-9-20-14/h1-11H,12H2. The van der Waals surface area contributed by atoms with E-state index < -0.39 is 0 Å². The quantitative estimate of drug-likeness (QED) is 0.497. The van der Waals surface area contributed by atoms with E-state index in [-0.39, 0.29) is 0 Å². The van der Waals surface area contributed by atoms with Crippen molar-refractivity contribution in [1.82, 2.24) is 24.8 Å². The van der Waals surface area contributed by atoms with E-state index in [1.165, 1.54) is 0 Å². The summed E-state index contributed by atoms with van der Waals surface area (Å²) in [6.45, 7) is 0.326. The van der Waals surface area contributed by atoms with Crippen LogP contribution in [0.1, 0.15) is 5.69 Å². The Balaban J connectivity index is 1.66. The van der Waals surface area contributed by atoms with Crippen LogP contribution in [0.15, 0.2) is 71.7 Å². The molecule has 7 heteroatoms. The molecular weight excluding hydrogens is 330 g/mol. The smallest absolute Gasteiger partial charge is 0.240 e. The molecule has 0 aliphatic rings. The number of rotatable bonds is 4. The third-order valence-corrected chi connectivity index (χ3v) is 4.09. The molecule has 126 valence electrons. The van der Waals surface area contributed by atoms with Gasteiger partial charge in [0, 0.05) is 17.0 Å². The molecule has 0 atom stereocenters. The summed E-state index contributed by atoms with van der Waals surface area (Å²) in [4.78, 5) is 4.29. The van der Waals surface area contributed by atoms with Gasteiger partial charge in [-0.15, -0.1) is 15.3 Å². The van der Waals surface area contributed by atoms with Crippen molar-refractivity contribution >= 4 is 16.4 Å². The van der Waals surface area contributed by atoms with Crippen LogP contribution in [0.2, 0.25) is 0 Å². The van der Waals surface area contributed by atoms with E-state index >= 15 is 0 Å². The zero-order valence-electron chi connectivity index (χ0n) is 13.6. The minimum absolute atomic E-state index is 0.326. The van der Waals surface area contributed by atoms with Crippen molar-refractivity contribution in [2.24, 2.45) is 0 Å². The van der Waals surface area contributed by atoms with Crippen LogP contribution in [0.25, 0.3) is 27.8 Å². The molecule has 0 fully saturated rings. The fourth-order valence-electron chi connectivity index (χ4n) is 2.86. The topological polar surface area (TPSA) is 78.3 Å². The molecular formula is C19H13N5O2. The minimum atomic E-state index is 0.326. The largest absolute Gasteiger partial charge is 0.472 e.